The molecule has 112 valence electrons. The van der Waals surface area contributed by atoms with Crippen molar-refractivity contribution in [1.29, 1.82) is 0 Å². The van der Waals surface area contributed by atoms with Crippen molar-refractivity contribution in [3.8, 4) is 0 Å². The van der Waals surface area contributed by atoms with E-state index in [0.29, 0.717) is 0 Å². The van der Waals surface area contributed by atoms with E-state index >= 15 is 0 Å². The molecule has 1 N–H and O–H groups in total. The Balaban J connectivity index is 1.59. The normalized spacial score (nSPS) is 31.9. The van der Waals surface area contributed by atoms with Crippen LogP contribution in [0.3, 0.4) is 0 Å². The molecule has 2 aliphatic rings. The van der Waals surface area contributed by atoms with Gasteiger partial charge in [-0.2, -0.15) is 5.10 Å². The lowest BCUT2D eigenvalue weighted by molar-refractivity contribution is -0.216. The van der Waals surface area contributed by atoms with Crippen molar-refractivity contribution < 1.29 is 9.47 Å². The molecule has 5 nitrogen and oxygen atoms in total. The first-order valence-corrected chi connectivity index (χ1v) is 7.64. The van der Waals surface area contributed by atoms with Gasteiger partial charge in [0.05, 0.1) is 23.9 Å². The van der Waals surface area contributed by atoms with Crippen molar-refractivity contribution in [2.75, 3.05) is 13.7 Å². The number of hydrogen-bond donors (Lipinski definition) is 1. The summed E-state index contributed by atoms with van der Waals surface area (Å²) < 4.78 is 13.7. The molecule has 4 rings (SSSR count). The molecule has 1 aliphatic carbocycles. The molecular formula is C16H21N3O2. The molecule has 5 heteroatoms. The highest BCUT2D eigenvalue weighted by Gasteiger charge is 2.59. The Morgan fingerprint density at radius 2 is 2.33 bits per heavy atom. The highest BCUT2D eigenvalue weighted by molar-refractivity contribution is 5.53. The van der Waals surface area contributed by atoms with Crippen molar-refractivity contribution >= 4 is 5.52 Å². The minimum absolute atomic E-state index is 0.0508. The summed E-state index contributed by atoms with van der Waals surface area (Å²) in [5, 5.41) is 8.14. The topological polar surface area (TPSA) is 47.8 Å². The van der Waals surface area contributed by atoms with Crippen LogP contribution in [0.5, 0.6) is 0 Å². The van der Waals surface area contributed by atoms with Gasteiger partial charge >= 0.3 is 0 Å². The van der Waals surface area contributed by atoms with Gasteiger partial charge in [-0.15, -0.1) is 0 Å². The van der Waals surface area contributed by atoms with Crippen molar-refractivity contribution in [3.63, 3.8) is 0 Å². The maximum absolute atomic E-state index is 5.97. The second kappa shape index (κ2) is 4.80. The highest BCUT2D eigenvalue weighted by atomic mass is 16.7. The predicted octanol–water partition coefficient (Wildman–Crippen LogP) is 2.11. The third-order valence-corrected chi connectivity index (χ3v) is 5.16. The van der Waals surface area contributed by atoms with Crippen molar-refractivity contribution in [1.82, 2.24) is 14.9 Å². The quantitative estimate of drug-likeness (QED) is 0.935. The van der Waals surface area contributed by atoms with E-state index in [1.807, 2.05) is 29.0 Å². The summed E-state index contributed by atoms with van der Waals surface area (Å²) in [6.07, 6.45) is 8.17. The number of methoxy groups -OCH3 is 1. The number of fused-ring (bicyclic) bond motifs is 2. The lowest BCUT2D eigenvalue weighted by atomic mass is 9.90. The summed E-state index contributed by atoms with van der Waals surface area (Å²) in [6.45, 7) is 1.57. The molecule has 0 unspecified atom stereocenters. The van der Waals surface area contributed by atoms with Gasteiger partial charge in [0.25, 0.3) is 0 Å². The standard InChI is InChI=1S/C16H21N3O2/c1-20-16-7-4-6-15(16,8-10-21-16)17-11-13-12-18-19-9-3-2-5-14(13)19/h2-3,5,9,12,17H,4,6-8,10-11H2,1H3/t15-,16+/m1/s1. The fourth-order valence-electron chi connectivity index (χ4n) is 4.02. The highest BCUT2D eigenvalue weighted by Crippen LogP contribution is 2.49. The Labute approximate surface area is 124 Å². The minimum Gasteiger partial charge on any atom is -0.351 e. The molecule has 1 saturated heterocycles. The minimum atomic E-state index is -0.435. The van der Waals surface area contributed by atoms with Gasteiger partial charge in [0.15, 0.2) is 5.79 Å². The van der Waals surface area contributed by atoms with Crippen LogP contribution >= 0.6 is 0 Å². The van der Waals surface area contributed by atoms with Crippen molar-refractivity contribution in [2.45, 2.75) is 43.6 Å². The lowest BCUT2D eigenvalue weighted by Crippen LogP contribution is -2.57. The monoisotopic (exact) mass is 287 g/mol. The van der Waals surface area contributed by atoms with E-state index in [0.717, 1.165) is 44.4 Å². The SMILES string of the molecule is CO[C@]12CCC[C@@]1(NCc1cnn3ccccc13)CCO2. The zero-order chi connectivity index (χ0) is 14.3. The van der Waals surface area contributed by atoms with Gasteiger partial charge < -0.3 is 14.8 Å². The van der Waals surface area contributed by atoms with E-state index < -0.39 is 5.79 Å². The number of nitrogens with zero attached hydrogens (tertiary/aromatic N) is 2. The Morgan fingerprint density at radius 3 is 3.24 bits per heavy atom. The fraction of sp³-hybridized carbons (Fsp3) is 0.562. The predicted molar refractivity (Wildman–Crippen MR) is 78.9 cm³/mol. The van der Waals surface area contributed by atoms with Crippen LogP contribution in [0.1, 0.15) is 31.2 Å². The molecular weight excluding hydrogens is 266 g/mol. The third-order valence-electron chi connectivity index (χ3n) is 5.16. The number of aromatic nitrogens is 2. The van der Waals surface area contributed by atoms with Crippen LogP contribution in [0.2, 0.25) is 0 Å². The number of rotatable bonds is 4. The molecule has 1 saturated carbocycles. The van der Waals surface area contributed by atoms with E-state index in [4.69, 9.17) is 9.47 Å². The van der Waals surface area contributed by atoms with E-state index in [9.17, 15) is 0 Å². The zero-order valence-corrected chi connectivity index (χ0v) is 12.3. The van der Waals surface area contributed by atoms with E-state index in [1.165, 1.54) is 5.56 Å². The summed E-state index contributed by atoms with van der Waals surface area (Å²) in [5.74, 6) is -0.435. The average molecular weight is 287 g/mol. The van der Waals surface area contributed by atoms with Gasteiger partial charge in [-0.05, 0) is 31.4 Å². The molecule has 2 aromatic heterocycles. The average Bonchev–Trinajstić information content (AvgIpc) is 3.16. The Hall–Kier alpha value is -1.43. The molecule has 1 aliphatic heterocycles. The Kier molecular flexibility index (Phi) is 3.03. The Morgan fingerprint density at radius 1 is 1.38 bits per heavy atom. The summed E-state index contributed by atoms with van der Waals surface area (Å²) in [4.78, 5) is 0. The molecule has 3 heterocycles. The van der Waals surface area contributed by atoms with Gasteiger partial charge in [-0.25, -0.2) is 4.52 Å². The summed E-state index contributed by atoms with van der Waals surface area (Å²) in [6, 6.07) is 6.14. The van der Waals surface area contributed by atoms with Crippen LogP contribution in [-0.4, -0.2) is 34.7 Å². The van der Waals surface area contributed by atoms with Crippen LogP contribution in [0.15, 0.2) is 30.6 Å². The number of pyridine rings is 1. The number of hydrogen-bond acceptors (Lipinski definition) is 4. The molecule has 0 aromatic carbocycles. The van der Waals surface area contributed by atoms with E-state index in [1.54, 1.807) is 7.11 Å². The van der Waals surface area contributed by atoms with E-state index in [-0.39, 0.29) is 5.54 Å². The van der Waals surface area contributed by atoms with Crippen LogP contribution in [-0.2, 0) is 16.0 Å². The maximum atomic E-state index is 5.97. The van der Waals surface area contributed by atoms with Crippen LogP contribution in [0.4, 0.5) is 0 Å². The zero-order valence-electron chi connectivity index (χ0n) is 12.3. The molecule has 0 spiro atoms. The molecule has 0 amide bonds. The molecule has 2 aromatic rings. The molecule has 0 radical (unpaired) electrons. The first kappa shape index (κ1) is 13.2. The first-order valence-electron chi connectivity index (χ1n) is 7.64. The lowest BCUT2D eigenvalue weighted by Gasteiger charge is -2.38. The van der Waals surface area contributed by atoms with Crippen LogP contribution in [0, 0.1) is 0 Å². The van der Waals surface area contributed by atoms with Crippen molar-refractivity contribution in [3.05, 3.63) is 36.2 Å². The second-order valence-corrected chi connectivity index (χ2v) is 6.04. The van der Waals surface area contributed by atoms with Crippen molar-refractivity contribution in [2.24, 2.45) is 0 Å². The van der Waals surface area contributed by atoms with Gasteiger partial charge in [0, 0.05) is 31.8 Å². The van der Waals surface area contributed by atoms with Gasteiger partial charge in [0.1, 0.15) is 0 Å². The van der Waals surface area contributed by atoms with E-state index in [2.05, 4.69) is 16.5 Å². The first-order chi connectivity index (χ1) is 10.3. The fourth-order valence-corrected chi connectivity index (χ4v) is 4.02. The number of ether oxygens (including phenoxy) is 2. The molecule has 0 bridgehead atoms. The van der Waals surface area contributed by atoms with Crippen LogP contribution in [0.25, 0.3) is 5.52 Å². The number of nitrogens with one attached hydrogen (secondary N) is 1. The molecule has 21 heavy (non-hydrogen) atoms. The smallest absolute Gasteiger partial charge is 0.186 e. The molecule has 2 atom stereocenters. The van der Waals surface area contributed by atoms with Gasteiger partial charge in [-0.1, -0.05) is 6.07 Å². The van der Waals surface area contributed by atoms with Gasteiger partial charge in [-0.3, -0.25) is 0 Å². The summed E-state index contributed by atoms with van der Waals surface area (Å²) >= 11 is 0. The summed E-state index contributed by atoms with van der Waals surface area (Å²) in [7, 11) is 1.77. The van der Waals surface area contributed by atoms with Crippen LogP contribution < -0.4 is 5.32 Å². The second-order valence-electron chi connectivity index (χ2n) is 6.04. The molecule has 2 fully saturated rings. The summed E-state index contributed by atoms with van der Waals surface area (Å²) in [5.41, 5.74) is 2.32. The maximum Gasteiger partial charge on any atom is 0.186 e. The largest absolute Gasteiger partial charge is 0.351 e. The third kappa shape index (κ3) is 1.84. The van der Waals surface area contributed by atoms with Gasteiger partial charge in [0.2, 0.25) is 0 Å². The Bertz CT molecular complexity index is 642.